The number of rotatable bonds is 7. The van der Waals surface area contributed by atoms with Crippen molar-refractivity contribution in [2.75, 3.05) is 26.3 Å². The minimum absolute atomic E-state index is 0.0212. The summed E-state index contributed by atoms with van der Waals surface area (Å²) in [5, 5.41) is 12.7. The average Bonchev–Trinajstić information content (AvgIpc) is 2.40. The number of carbonyl (C=O) groups is 1. The molecule has 0 aromatic carbocycles. The highest BCUT2D eigenvalue weighted by Crippen LogP contribution is 2.35. The molecular formula is C13H26N2O3. The van der Waals surface area contributed by atoms with E-state index in [1.165, 1.54) is 19.3 Å². The molecule has 0 aromatic rings. The third-order valence-corrected chi connectivity index (χ3v) is 3.70. The molecule has 0 heterocycles. The van der Waals surface area contributed by atoms with Gasteiger partial charge in [0.1, 0.15) is 6.04 Å². The van der Waals surface area contributed by atoms with E-state index >= 15 is 0 Å². The Morgan fingerprint density at radius 1 is 1.44 bits per heavy atom. The maximum Gasteiger partial charge on any atom is 0.324 e. The van der Waals surface area contributed by atoms with Crippen LogP contribution in [-0.2, 0) is 9.53 Å². The number of carbonyl (C=O) groups excluding carboxylic acids is 1. The standard InChI is InChI=1S/C13H26N2O3/c1-2-18-12(17)11(14)8-15-9-13(10-16)6-4-3-5-7-13/h11,15-16H,2-10,14H2,1H3. The van der Waals surface area contributed by atoms with E-state index in [-0.39, 0.29) is 18.0 Å². The van der Waals surface area contributed by atoms with E-state index in [2.05, 4.69) is 5.32 Å². The average molecular weight is 258 g/mol. The van der Waals surface area contributed by atoms with Gasteiger partial charge < -0.3 is 20.9 Å². The number of esters is 1. The molecule has 106 valence electrons. The van der Waals surface area contributed by atoms with E-state index in [9.17, 15) is 9.90 Å². The summed E-state index contributed by atoms with van der Waals surface area (Å²) < 4.78 is 4.84. The first kappa shape index (κ1) is 15.4. The van der Waals surface area contributed by atoms with Crippen LogP contribution in [0.15, 0.2) is 0 Å². The van der Waals surface area contributed by atoms with Crippen molar-refractivity contribution in [3.05, 3.63) is 0 Å². The minimum atomic E-state index is -0.621. The van der Waals surface area contributed by atoms with Gasteiger partial charge in [0, 0.05) is 25.1 Å². The minimum Gasteiger partial charge on any atom is -0.465 e. The predicted octanol–water partition coefficient (Wildman–Crippen LogP) is 0.409. The number of ether oxygens (including phenoxy) is 1. The summed E-state index contributed by atoms with van der Waals surface area (Å²) >= 11 is 0. The fourth-order valence-corrected chi connectivity index (χ4v) is 2.52. The zero-order chi connectivity index (χ0) is 13.4. The molecule has 5 heteroatoms. The van der Waals surface area contributed by atoms with E-state index in [1.807, 2.05) is 0 Å². The fraction of sp³-hybridized carbons (Fsp3) is 0.923. The molecule has 0 aliphatic heterocycles. The Morgan fingerprint density at radius 2 is 2.11 bits per heavy atom. The normalized spacial score (nSPS) is 20.4. The van der Waals surface area contributed by atoms with Crippen molar-refractivity contribution in [2.24, 2.45) is 11.1 Å². The zero-order valence-electron chi connectivity index (χ0n) is 11.3. The van der Waals surface area contributed by atoms with Gasteiger partial charge in [-0.2, -0.15) is 0 Å². The molecule has 1 atom stereocenters. The van der Waals surface area contributed by atoms with Gasteiger partial charge in [-0.3, -0.25) is 4.79 Å². The molecule has 0 bridgehead atoms. The molecule has 4 N–H and O–H groups in total. The lowest BCUT2D eigenvalue weighted by molar-refractivity contribution is -0.144. The summed E-state index contributed by atoms with van der Waals surface area (Å²) in [4.78, 5) is 11.3. The van der Waals surface area contributed by atoms with Gasteiger partial charge in [0.25, 0.3) is 0 Å². The molecule has 0 aromatic heterocycles. The molecule has 1 saturated carbocycles. The molecule has 0 amide bonds. The van der Waals surface area contributed by atoms with Gasteiger partial charge in [0.2, 0.25) is 0 Å². The second kappa shape index (κ2) is 7.71. The molecule has 1 aliphatic carbocycles. The molecule has 1 unspecified atom stereocenters. The molecular weight excluding hydrogens is 232 g/mol. The Morgan fingerprint density at radius 3 is 2.67 bits per heavy atom. The highest BCUT2D eigenvalue weighted by atomic mass is 16.5. The van der Waals surface area contributed by atoms with Crippen LogP contribution in [0.1, 0.15) is 39.0 Å². The first-order valence-electron chi connectivity index (χ1n) is 6.87. The van der Waals surface area contributed by atoms with Crippen LogP contribution in [0.25, 0.3) is 0 Å². The molecule has 1 rings (SSSR count). The van der Waals surface area contributed by atoms with Gasteiger partial charge in [0.05, 0.1) is 6.61 Å². The van der Waals surface area contributed by atoms with E-state index in [0.717, 1.165) is 19.4 Å². The first-order chi connectivity index (χ1) is 8.63. The van der Waals surface area contributed by atoms with E-state index in [1.54, 1.807) is 6.92 Å². The van der Waals surface area contributed by atoms with Crippen molar-refractivity contribution < 1.29 is 14.6 Å². The molecule has 0 spiro atoms. The van der Waals surface area contributed by atoms with Gasteiger partial charge in [-0.1, -0.05) is 19.3 Å². The van der Waals surface area contributed by atoms with Crippen molar-refractivity contribution >= 4 is 5.97 Å². The Labute approximate surface area is 109 Å². The van der Waals surface area contributed by atoms with Gasteiger partial charge in [-0.05, 0) is 19.8 Å². The lowest BCUT2D eigenvalue weighted by Crippen LogP contribution is -2.46. The van der Waals surface area contributed by atoms with Crippen molar-refractivity contribution in [3.63, 3.8) is 0 Å². The van der Waals surface area contributed by atoms with Crippen LogP contribution in [0.2, 0.25) is 0 Å². The summed E-state index contributed by atoms with van der Waals surface area (Å²) in [6, 6.07) is -0.621. The van der Waals surface area contributed by atoms with Crippen molar-refractivity contribution in [3.8, 4) is 0 Å². The van der Waals surface area contributed by atoms with E-state index in [4.69, 9.17) is 10.5 Å². The van der Waals surface area contributed by atoms with Crippen LogP contribution in [0.5, 0.6) is 0 Å². The largest absolute Gasteiger partial charge is 0.465 e. The smallest absolute Gasteiger partial charge is 0.324 e. The van der Waals surface area contributed by atoms with Crippen LogP contribution in [-0.4, -0.2) is 43.4 Å². The van der Waals surface area contributed by atoms with Crippen LogP contribution in [0.4, 0.5) is 0 Å². The van der Waals surface area contributed by atoms with Crippen LogP contribution in [0, 0.1) is 5.41 Å². The Hall–Kier alpha value is -0.650. The highest BCUT2D eigenvalue weighted by molar-refractivity contribution is 5.75. The van der Waals surface area contributed by atoms with E-state index < -0.39 is 6.04 Å². The highest BCUT2D eigenvalue weighted by Gasteiger charge is 2.31. The van der Waals surface area contributed by atoms with Gasteiger partial charge >= 0.3 is 5.97 Å². The van der Waals surface area contributed by atoms with Gasteiger partial charge in [-0.25, -0.2) is 0 Å². The number of hydrogen-bond donors (Lipinski definition) is 3. The predicted molar refractivity (Wildman–Crippen MR) is 70.1 cm³/mol. The van der Waals surface area contributed by atoms with Crippen LogP contribution < -0.4 is 11.1 Å². The fourth-order valence-electron chi connectivity index (χ4n) is 2.52. The summed E-state index contributed by atoms with van der Waals surface area (Å²) in [6.07, 6.45) is 5.69. The Balaban J connectivity index is 2.28. The second-order valence-corrected chi connectivity index (χ2v) is 5.21. The lowest BCUT2D eigenvalue weighted by atomic mass is 9.74. The number of nitrogens with two attached hydrogens (primary N) is 1. The second-order valence-electron chi connectivity index (χ2n) is 5.21. The summed E-state index contributed by atoms with van der Waals surface area (Å²) in [7, 11) is 0. The van der Waals surface area contributed by atoms with E-state index in [0.29, 0.717) is 13.2 Å². The monoisotopic (exact) mass is 258 g/mol. The number of aliphatic hydroxyl groups excluding tert-OH is 1. The quantitative estimate of drug-likeness (QED) is 0.576. The molecule has 0 saturated heterocycles. The van der Waals surface area contributed by atoms with Crippen LogP contribution in [0.3, 0.4) is 0 Å². The molecule has 0 radical (unpaired) electrons. The number of nitrogens with one attached hydrogen (secondary N) is 1. The Bertz CT molecular complexity index is 253. The number of hydrogen-bond acceptors (Lipinski definition) is 5. The zero-order valence-corrected chi connectivity index (χ0v) is 11.3. The van der Waals surface area contributed by atoms with Gasteiger partial charge in [-0.15, -0.1) is 0 Å². The molecule has 1 fully saturated rings. The lowest BCUT2D eigenvalue weighted by Gasteiger charge is -2.36. The molecule has 5 nitrogen and oxygen atoms in total. The molecule has 18 heavy (non-hydrogen) atoms. The van der Waals surface area contributed by atoms with Crippen molar-refractivity contribution in [1.29, 1.82) is 0 Å². The third kappa shape index (κ3) is 4.55. The SMILES string of the molecule is CCOC(=O)C(N)CNCC1(CO)CCCCC1. The summed E-state index contributed by atoms with van der Waals surface area (Å²) in [5.74, 6) is -0.369. The third-order valence-electron chi connectivity index (χ3n) is 3.70. The van der Waals surface area contributed by atoms with Crippen LogP contribution >= 0.6 is 0 Å². The maximum absolute atomic E-state index is 11.3. The van der Waals surface area contributed by atoms with Gasteiger partial charge in [0.15, 0.2) is 0 Å². The topological polar surface area (TPSA) is 84.6 Å². The summed E-state index contributed by atoms with van der Waals surface area (Å²) in [5.41, 5.74) is 5.68. The number of aliphatic hydroxyl groups is 1. The summed E-state index contributed by atoms with van der Waals surface area (Å²) in [6.45, 7) is 3.44. The first-order valence-corrected chi connectivity index (χ1v) is 6.87. The van der Waals surface area contributed by atoms with Crippen molar-refractivity contribution in [1.82, 2.24) is 5.32 Å². The van der Waals surface area contributed by atoms with Crippen molar-refractivity contribution in [2.45, 2.75) is 45.1 Å². The molecule has 1 aliphatic rings. The Kier molecular flexibility index (Phi) is 6.60. The maximum atomic E-state index is 11.3.